The maximum Gasteiger partial charge on any atom is 0.251 e. The molecule has 1 saturated heterocycles. The number of amides is 1. The van der Waals surface area contributed by atoms with Crippen molar-refractivity contribution < 1.29 is 14.3 Å². The summed E-state index contributed by atoms with van der Waals surface area (Å²) in [5, 5.41) is 0. The van der Waals surface area contributed by atoms with Crippen molar-refractivity contribution >= 4 is 5.91 Å². The number of fused-ring (bicyclic) bond motifs is 4. The molecule has 0 unspecified atom stereocenters. The molecule has 160 valence electrons. The maximum atomic E-state index is 12.8. The van der Waals surface area contributed by atoms with Crippen molar-refractivity contribution in [1.29, 1.82) is 0 Å². The van der Waals surface area contributed by atoms with Crippen LogP contribution < -0.4 is 10.3 Å². The van der Waals surface area contributed by atoms with Crippen molar-refractivity contribution in [1.82, 2.24) is 9.47 Å². The summed E-state index contributed by atoms with van der Waals surface area (Å²) in [6.45, 7) is 4.39. The molecule has 1 aromatic heterocycles. The molecule has 4 rings (SSSR count). The van der Waals surface area contributed by atoms with Crippen molar-refractivity contribution in [3.8, 4) is 5.75 Å². The van der Waals surface area contributed by atoms with Crippen LogP contribution in [0.3, 0.4) is 0 Å². The van der Waals surface area contributed by atoms with Crippen LogP contribution in [0.25, 0.3) is 0 Å². The van der Waals surface area contributed by atoms with Gasteiger partial charge in [0.25, 0.3) is 5.56 Å². The average Bonchev–Trinajstić information content (AvgIpc) is 2.77. The Labute approximate surface area is 177 Å². The van der Waals surface area contributed by atoms with Crippen LogP contribution in [0, 0.1) is 5.92 Å². The van der Waals surface area contributed by atoms with E-state index in [0.717, 1.165) is 29.8 Å². The predicted molar refractivity (Wildman–Crippen MR) is 115 cm³/mol. The van der Waals surface area contributed by atoms with Crippen LogP contribution in [0.2, 0.25) is 0 Å². The molecular formula is C24H30N2O4. The Bertz CT molecular complexity index is 954. The van der Waals surface area contributed by atoms with E-state index in [1.165, 1.54) is 0 Å². The third kappa shape index (κ3) is 4.15. The third-order valence-electron chi connectivity index (χ3n) is 6.39. The number of nitrogens with zero attached hydrogens (tertiary/aromatic N) is 2. The normalized spacial score (nSPS) is 22.5. The van der Waals surface area contributed by atoms with Gasteiger partial charge in [-0.15, -0.1) is 0 Å². The Morgan fingerprint density at radius 3 is 2.80 bits per heavy atom. The molecule has 2 aliphatic rings. The Morgan fingerprint density at radius 1 is 1.17 bits per heavy atom. The molecule has 0 N–H and O–H groups in total. The summed E-state index contributed by atoms with van der Waals surface area (Å²) in [4.78, 5) is 27.6. The van der Waals surface area contributed by atoms with E-state index in [0.29, 0.717) is 32.7 Å². The number of hydrogen-bond acceptors (Lipinski definition) is 4. The van der Waals surface area contributed by atoms with Gasteiger partial charge >= 0.3 is 0 Å². The third-order valence-corrected chi connectivity index (χ3v) is 6.39. The quantitative estimate of drug-likeness (QED) is 0.659. The first-order valence-corrected chi connectivity index (χ1v) is 10.8. The lowest BCUT2D eigenvalue weighted by Gasteiger charge is -2.47. The van der Waals surface area contributed by atoms with Crippen molar-refractivity contribution in [2.45, 2.75) is 38.1 Å². The molecule has 3 heterocycles. The molecule has 1 fully saturated rings. The standard InChI is InChI=1S/C24H30N2O4/c1-3-30-11-10-23(27)25-15-18-14-19(16-25)22(26-21(18)8-5-9-24(26)28)13-17-6-4-7-20(12-17)29-2/h4-9,12,18-19,22H,3,10-11,13-16H2,1-2H3/t18-,19+,22+/m1/s1. The number of benzene rings is 1. The van der Waals surface area contributed by atoms with Crippen LogP contribution in [0.15, 0.2) is 47.3 Å². The number of ether oxygens (including phenoxy) is 2. The van der Waals surface area contributed by atoms with Crippen LogP contribution in [-0.4, -0.2) is 48.8 Å². The number of methoxy groups -OCH3 is 1. The second kappa shape index (κ2) is 9.04. The molecule has 1 amide bonds. The molecule has 0 radical (unpaired) electrons. The van der Waals surface area contributed by atoms with Crippen molar-refractivity contribution in [2.75, 3.05) is 33.4 Å². The molecule has 30 heavy (non-hydrogen) atoms. The highest BCUT2D eigenvalue weighted by Crippen LogP contribution is 2.42. The van der Waals surface area contributed by atoms with Gasteiger partial charge in [0.1, 0.15) is 5.75 Å². The van der Waals surface area contributed by atoms with Crippen LogP contribution >= 0.6 is 0 Å². The van der Waals surface area contributed by atoms with Gasteiger partial charge in [0, 0.05) is 43.4 Å². The van der Waals surface area contributed by atoms with Gasteiger partial charge < -0.3 is 18.9 Å². The highest BCUT2D eigenvalue weighted by Gasteiger charge is 2.41. The van der Waals surface area contributed by atoms with Gasteiger partial charge in [0.2, 0.25) is 5.91 Å². The topological polar surface area (TPSA) is 60.8 Å². The molecule has 2 aromatic rings. The lowest BCUT2D eigenvalue weighted by atomic mass is 9.76. The minimum Gasteiger partial charge on any atom is -0.497 e. The molecule has 2 bridgehead atoms. The summed E-state index contributed by atoms with van der Waals surface area (Å²) in [5.41, 5.74) is 2.24. The van der Waals surface area contributed by atoms with E-state index in [9.17, 15) is 9.59 Å². The fourth-order valence-electron chi connectivity index (χ4n) is 5.01. The fourth-order valence-corrected chi connectivity index (χ4v) is 5.01. The van der Waals surface area contributed by atoms with Gasteiger partial charge in [0.05, 0.1) is 20.1 Å². The molecule has 6 heteroatoms. The molecule has 0 spiro atoms. The highest BCUT2D eigenvalue weighted by molar-refractivity contribution is 5.76. The fraction of sp³-hybridized carbons (Fsp3) is 0.500. The van der Waals surface area contributed by atoms with Gasteiger partial charge in [-0.1, -0.05) is 18.2 Å². The molecule has 3 atom stereocenters. The molecule has 0 saturated carbocycles. The van der Waals surface area contributed by atoms with Crippen molar-refractivity contribution in [3.63, 3.8) is 0 Å². The summed E-state index contributed by atoms with van der Waals surface area (Å²) in [7, 11) is 1.66. The molecular weight excluding hydrogens is 380 g/mol. The van der Waals surface area contributed by atoms with E-state index in [1.54, 1.807) is 13.2 Å². The molecule has 6 nitrogen and oxygen atoms in total. The largest absolute Gasteiger partial charge is 0.497 e. The van der Waals surface area contributed by atoms with Crippen LogP contribution in [-0.2, 0) is 16.0 Å². The van der Waals surface area contributed by atoms with Gasteiger partial charge in [-0.25, -0.2) is 0 Å². The highest BCUT2D eigenvalue weighted by atomic mass is 16.5. The molecule has 1 aromatic carbocycles. The number of aromatic nitrogens is 1. The van der Waals surface area contributed by atoms with Crippen LogP contribution in [0.4, 0.5) is 0 Å². The predicted octanol–water partition coefficient (Wildman–Crippen LogP) is 3.01. The summed E-state index contributed by atoms with van der Waals surface area (Å²) < 4.78 is 12.7. The van der Waals surface area contributed by atoms with Crippen molar-refractivity contribution in [3.05, 3.63) is 64.1 Å². The van der Waals surface area contributed by atoms with Gasteiger partial charge in [-0.3, -0.25) is 9.59 Å². The first kappa shape index (κ1) is 20.7. The molecule has 0 aliphatic carbocycles. The first-order chi connectivity index (χ1) is 14.6. The zero-order chi connectivity index (χ0) is 21.1. The van der Waals surface area contributed by atoms with E-state index in [4.69, 9.17) is 9.47 Å². The van der Waals surface area contributed by atoms with Gasteiger partial charge in [0.15, 0.2) is 0 Å². The van der Waals surface area contributed by atoms with E-state index in [-0.39, 0.29) is 29.3 Å². The monoisotopic (exact) mass is 410 g/mol. The zero-order valence-electron chi connectivity index (χ0n) is 17.8. The SMILES string of the molecule is CCOCCC(=O)N1C[C@H]2C[C@@H](C1)[C@H](Cc1cccc(OC)c1)n1c2cccc1=O. The average molecular weight is 411 g/mol. The van der Waals surface area contributed by atoms with Gasteiger partial charge in [-0.2, -0.15) is 0 Å². The van der Waals surface area contributed by atoms with E-state index < -0.39 is 0 Å². The summed E-state index contributed by atoms with van der Waals surface area (Å²) in [6.07, 6.45) is 2.16. The second-order valence-electron chi connectivity index (χ2n) is 8.22. The summed E-state index contributed by atoms with van der Waals surface area (Å²) in [6, 6.07) is 13.6. The number of piperidine rings is 1. The Hall–Kier alpha value is -2.60. The Morgan fingerprint density at radius 2 is 2.00 bits per heavy atom. The maximum absolute atomic E-state index is 12.8. The number of carbonyl (C=O) groups is 1. The molecule has 2 aliphatic heterocycles. The number of rotatable bonds is 7. The second-order valence-corrected chi connectivity index (χ2v) is 8.22. The van der Waals surface area contributed by atoms with Crippen LogP contribution in [0.1, 0.15) is 43.0 Å². The minimum atomic E-state index is 0.0274. The lowest BCUT2D eigenvalue weighted by molar-refractivity contribution is -0.135. The first-order valence-electron chi connectivity index (χ1n) is 10.8. The number of likely N-dealkylation sites (tertiary alicyclic amines) is 1. The van der Waals surface area contributed by atoms with E-state index >= 15 is 0 Å². The summed E-state index contributed by atoms with van der Waals surface area (Å²) >= 11 is 0. The number of pyridine rings is 1. The number of carbonyl (C=O) groups excluding carboxylic acids is 1. The van der Waals surface area contributed by atoms with Crippen LogP contribution in [0.5, 0.6) is 5.75 Å². The minimum absolute atomic E-state index is 0.0274. The van der Waals surface area contributed by atoms with E-state index in [2.05, 4.69) is 12.1 Å². The Balaban J connectivity index is 1.63. The lowest BCUT2D eigenvalue weighted by Crippen LogP contribution is -2.51. The summed E-state index contributed by atoms with van der Waals surface area (Å²) in [5.74, 6) is 1.41. The van der Waals surface area contributed by atoms with Crippen molar-refractivity contribution in [2.24, 2.45) is 5.92 Å². The number of hydrogen-bond donors (Lipinski definition) is 0. The zero-order valence-corrected chi connectivity index (χ0v) is 17.8. The smallest absolute Gasteiger partial charge is 0.251 e. The Kier molecular flexibility index (Phi) is 6.23. The van der Waals surface area contributed by atoms with E-state index in [1.807, 2.05) is 40.7 Å². The van der Waals surface area contributed by atoms with Gasteiger partial charge in [-0.05, 0) is 49.4 Å².